The van der Waals surface area contributed by atoms with E-state index in [1.165, 1.54) is 39.8 Å². The molecule has 2 aliphatic carbocycles. The van der Waals surface area contributed by atoms with Crippen molar-refractivity contribution in [2.45, 2.75) is 29.8 Å². The molecule has 0 bridgehead atoms. The monoisotopic (exact) mass is 527 g/mol. The first-order valence-electron chi connectivity index (χ1n) is 12.7. The van der Waals surface area contributed by atoms with Crippen LogP contribution in [0, 0.1) is 0 Å². The number of benzene rings is 4. The van der Waals surface area contributed by atoms with Crippen LogP contribution in [0.5, 0.6) is 0 Å². The molecule has 0 spiro atoms. The average molecular weight is 529 g/mol. The SMILES string of the molecule is CCCc1ccc2c(c1C1=CC=CC1)[CH]([Zr]=[C](c1ccccc1)c1ccccc1)c1ccccc1-2. The van der Waals surface area contributed by atoms with E-state index in [1.807, 2.05) is 0 Å². The number of allylic oxidation sites excluding steroid dienone is 4. The molecule has 0 saturated carbocycles. The predicted molar refractivity (Wildman–Crippen MR) is 146 cm³/mol. The third-order valence-electron chi connectivity index (χ3n) is 7.21. The summed E-state index contributed by atoms with van der Waals surface area (Å²) in [4.78, 5) is 0. The Balaban J connectivity index is 1.63. The molecule has 1 atom stereocenters. The summed E-state index contributed by atoms with van der Waals surface area (Å²) in [5, 5.41) is 0. The summed E-state index contributed by atoms with van der Waals surface area (Å²) in [5.74, 6) is 0. The fraction of sp³-hybridized carbons (Fsp3) is 0.147. The number of hydrogen-bond donors (Lipinski definition) is 0. The van der Waals surface area contributed by atoms with Crippen molar-refractivity contribution in [1.82, 2.24) is 0 Å². The van der Waals surface area contributed by atoms with E-state index in [-0.39, 0.29) is 0 Å². The zero-order valence-corrected chi connectivity index (χ0v) is 22.6. The van der Waals surface area contributed by atoms with E-state index >= 15 is 0 Å². The third-order valence-corrected chi connectivity index (χ3v) is 11.5. The molecule has 0 nitrogen and oxygen atoms in total. The summed E-state index contributed by atoms with van der Waals surface area (Å²) in [7, 11) is 0. The number of aryl methyl sites for hydroxylation is 1. The Hall–Kier alpha value is -2.89. The molecule has 0 radical (unpaired) electrons. The van der Waals surface area contributed by atoms with Crippen LogP contribution in [0.15, 0.2) is 115 Å². The van der Waals surface area contributed by atoms with Crippen molar-refractivity contribution in [2.24, 2.45) is 0 Å². The van der Waals surface area contributed by atoms with Gasteiger partial charge in [-0.25, -0.2) is 0 Å². The van der Waals surface area contributed by atoms with Crippen LogP contribution in [-0.2, 0) is 29.2 Å². The van der Waals surface area contributed by atoms with Crippen LogP contribution in [0.3, 0.4) is 0 Å². The van der Waals surface area contributed by atoms with Crippen molar-refractivity contribution in [1.29, 1.82) is 0 Å². The van der Waals surface area contributed by atoms with Crippen molar-refractivity contribution >= 4 is 8.78 Å². The first-order valence-corrected chi connectivity index (χ1v) is 15.4. The Morgan fingerprint density at radius 1 is 0.771 bits per heavy atom. The van der Waals surface area contributed by atoms with E-state index in [1.54, 1.807) is 19.9 Å². The molecule has 0 saturated heterocycles. The number of rotatable bonds is 6. The van der Waals surface area contributed by atoms with Gasteiger partial charge in [-0.3, -0.25) is 0 Å². The Bertz CT molecular complexity index is 1410. The van der Waals surface area contributed by atoms with Crippen molar-refractivity contribution in [2.75, 3.05) is 0 Å². The van der Waals surface area contributed by atoms with Gasteiger partial charge >= 0.3 is 221 Å². The van der Waals surface area contributed by atoms with Crippen LogP contribution in [0.1, 0.15) is 56.8 Å². The molecule has 0 N–H and O–H groups in total. The summed E-state index contributed by atoms with van der Waals surface area (Å²) in [6.07, 6.45) is 10.3. The van der Waals surface area contributed by atoms with Gasteiger partial charge in [-0.2, -0.15) is 0 Å². The summed E-state index contributed by atoms with van der Waals surface area (Å²) in [6.45, 7) is 2.30. The van der Waals surface area contributed by atoms with Gasteiger partial charge in [0.25, 0.3) is 0 Å². The molecule has 4 aromatic rings. The molecule has 4 aromatic carbocycles. The van der Waals surface area contributed by atoms with Crippen LogP contribution < -0.4 is 0 Å². The van der Waals surface area contributed by atoms with Crippen LogP contribution in [0.4, 0.5) is 0 Å². The first-order chi connectivity index (χ1) is 17.3. The second-order valence-corrected chi connectivity index (χ2v) is 12.8. The normalized spacial score (nSPS) is 15.3. The molecule has 0 heterocycles. The molecular formula is C34H29Zr. The van der Waals surface area contributed by atoms with E-state index in [2.05, 4.69) is 122 Å². The standard InChI is InChI=1S/C21H19.C13H10.Zr/c1-2-7-15-12-13-19-18-11-6-5-10-17(18)14-20(19)21(15)16-8-3-4-9-16;1-3-7-12(8-4-1)11-13-9-5-2-6-10-13;/h3-6,8,10-14H,2,7,9H2,1H3;1-10H;. The molecule has 2 aliphatic rings. The van der Waals surface area contributed by atoms with Crippen molar-refractivity contribution in [3.05, 3.63) is 149 Å². The molecular weight excluding hydrogens is 500 g/mol. The van der Waals surface area contributed by atoms with Gasteiger partial charge in [0.05, 0.1) is 0 Å². The maximum atomic E-state index is 2.43. The van der Waals surface area contributed by atoms with Gasteiger partial charge in [0.15, 0.2) is 0 Å². The summed E-state index contributed by atoms with van der Waals surface area (Å²) in [5.41, 5.74) is 13.4. The molecule has 0 aromatic heterocycles. The van der Waals surface area contributed by atoms with Gasteiger partial charge in [0.1, 0.15) is 0 Å². The Morgan fingerprint density at radius 2 is 1.46 bits per heavy atom. The molecule has 1 heteroatoms. The molecule has 0 fully saturated rings. The van der Waals surface area contributed by atoms with E-state index < -0.39 is 22.8 Å². The molecule has 0 aliphatic heterocycles. The zero-order chi connectivity index (χ0) is 23.6. The topological polar surface area (TPSA) is 0 Å². The molecule has 169 valence electrons. The summed E-state index contributed by atoms with van der Waals surface area (Å²) < 4.78 is 2.10. The Labute approximate surface area is 220 Å². The third kappa shape index (κ3) is 4.21. The molecule has 35 heavy (non-hydrogen) atoms. The second-order valence-electron chi connectivity index (χ2n) is 9.41. The fourth-order valence-corrected chi connectivity index (χ4v) is 10.1. The maximum absolute atomic E-state index is 2.43. The van der Waals surface area contributed by atoms with Gasteiger partial charge in [-0.15, -0.1) is 0 Å². The van der Waals surface area contributed by atoms with Crippen LogP contribution in [0.25, 0.3) is 16.7 Å². The van der Waals surface area contributed by atoms with Crippen molar-refractivity contribution in [3.8, 4) is 11.1 Å². The number of hydrogen-bond acceptors (Lipinski definition) is 0. The van der Waals surface area contributed by atoms with E-state index in [4.69, 9.17) is 0 Å². The van der Waals surface area contributed by atoms with E-state index in [0.29, 0.717) is 3.63 Å². The van der Waals surface area contributed by atoms with Gasteiger partial charge < -0.3 is 0 Å². The molecule has 6 rings (SSSR count). The van der Waals surface area contributed by atoms with Gasteiger partial charge in [-0.05, 0) is 0 Å². The molecule has 1 unspecified atom stereocenters. The predicted octanol–water partition coefficient (Wildman–Crippen LogP) is 8.40. The Kier molecular flexibility index (Phi) is 6.45. The minimum absolute atomic E-state index is 0.508. The summed E-state index contributed by atoms with van der Waals surface area (Å²) >= 11 is -1.10. The summed E-state index contributed by atoms with van der Waals surface area (Å²) in [6, 6.07) is 36.3. The Morgan fingerprint density at radius 3 is 2.11 bits per heavy atom. The minimum atomic E-state index is -1.10. The number of fused-ring (bicyclic) bond motifs is 3. The van der Waals surface area contributed by atoms with E-state index in [9.17, 15) is 0 Å². The van der Waals surface area contributed by atoms with Crippen LogP contribution in [-0.4, -0.2) is 3.21 Å². The molecule has 0 amide bonds. The van der Waals surface area contributed by atoms with Gasteiger partial charge in [0.2, 0.25) is 0 Å². The van der Waals surface area contributed by atoms with Crippen LogP contribution >= 0.6 is 0 Å². The van der Waals surface area contributed by atoms with Crippen molar-refractivity contribution < 1.29 is 22.8 Å². The van der Waals surface area contributed by atoms with Gasteiger partial charge in [-0.1, -0.05) is 0 Å². The average Bonchev–Trinajstić information content (AvgIpc) is 3.55. The quantitative estimate of drug-likeness (QED) is 0.236. The second kappa shape index (κ2) is 10.0. The first kappa shape index (κ1) is 22.6. The van der Waals surface area contributed by atoms with Crippen LogP contribution in [0.2, 0.25) is 0 Å². The van der Waals surface area contributed by atoms with E-state index in [0.717, 1.165) is 12.8 Å². The van der Waals surface area contributed by atoms with Gasteiger partial charge in [0, 0.05) is 0 Å². The van der Waals surface area contributed by atoms with Crippen molar-refractivity contribution in [3.63, 3.8) is 0 Å². The zero-order valence-electron chi connectivity index (χ0n) is 20.2. The fourth-order valence-electron chi connectivity index (χ4n) is 5.68.